The van der Waals surface area contributed by atoms with Crippen molar-refractivity contribution in [3.63, 3.8) is 0 Å². The first kappa shape index (κ1) is 17.6. The van der Waals surface area contributed by atoms with Crippen molar-refractivity contribution in [2.24, 2.45) is 23.7 Å². The maximum absolute atomic E-state index is 13.0. The molecular weight excluding hydrogens is 370 g/mol. The average Bonchev–Trinajstić information content (AvgIpc) is 3.41. The fraction of sp³-hybridized carbons (Fsp3) is 0.273. The zero-order valence-corrected chi connectivity index (χ0v) is 15.4. The number of aromatic carboxylic acids is 1. The number of hydrogen-bond donors (Lipinski definition) is 1. The van der Waals surface area contributed by atoms with Gasteiger partial charge in [-0.3, -0.25) is 14.6 Å². The summed E-state index contributed by atoms with van der Waals surface area (Å²) in [6.45, 7) is 0.383. The van der Waals surface area contributed by atoms with Crippen molar-refractivity contribution >= 4 is 29.2 Å². The number of allylic oxidation sites excluding steroid dienone is 2. The molecule has 0 spiro atoms. The highest BCUT2D eigenvalue weighted by atomic mass is 16.4. The number of nitrogens with zero attached hydrogens (tertiary/aromatic N) is 2. The molecule has 4 atom stereocenters. The van der Waals surface area contributed by atoms with E-state index in [-0.39, 0.29) is 46.7 Å². The van der Waals surface area contributed by atoms with E-state index in [0.717, 1.165) is 16.9 Å². The fourth-order valence-corrected chi connectivity index (χ4v) is 4.85. The van der Waals surface area contributed by atoms with E-state index in [9.17, 15) is 19.5 Å². The van der Waals surface area contributed by atoms with Gasteiger partial charge in [0.2, 0.25) is 11.8 Å². The van der Waals surface area contributed by atoms with Crippen LogP contribution in [0.1, 0.15) is 22.3 Å². The number of benzene rings is 1. The molecule has 2 aromatic rings. The summed E-state index contributed by atoms with van der Waals surface area (Å²) in [7, 11) is 0. The van der Waals surface area contributed by atoms with E-state index in [0.29, 0.717) is 12.2 Å². The van der Waals surface area contributed by atoms with Crippen molar-refractivity contribution < 1.29 is 19.5 Å². The summed E-state index contributed by atoms with van der Waals surface area (Å²) in [5.41, 5.74) is 1.44. The first-order valence-corrected chi connectivity index (χ1v) is 9.59. The zero-order chi connectivity index (χ0) is 20.1. The Morgan fingerprint density at radius 2 is 1.86 bits per heavy atom. The third kappa shape index (κ3) is 2.73. The van der Waals surface area contributed by atoms with Crippen LogP contribution < -0.4 is 15.3 Å². The highest BCUT2D eigenvalue weighted by Crippen LogP contribution is 2.53. The van der Waals surface area contributed by atoms with Gasteiger partial charge in [-0.25, -0.2) is 4.90 Å². The lowest BCUT2D eigenvalue weighted by atomic mass is 9.85. The minimum absolute atomic E-state index is 0.0925. The van der Waals surface area contributed by atoms with E-state index in [1.54, 1.807) is 30.6 Å². The van der Waals surface area contributed by atoms with E-state index in [2.05, 4.69) is 10.3 Å². The van der Waals surface area contributed by atoms with Crippen molar-refractivity contribution in [2.45, 2.75) is 13.0 Å². The van der Waals surface area contributed by atoms with Gasteiger partial charge in [-0.05, 0) is 48.1 Å². The first-order valence-electron chi connectivity index (χ1n) is 9.59. The number of carboxylic acids is 1. The molecule has 0 radical (unpaired) electrons. The first-order chi connectivity index (χ1) is 14.0. The van der Waals surface area contributed by atoms with E-state index in [1.165, 1.54) is 6.07 Å². The zero-order valence-electron chi connectivity index (χ0n) is 15.4. The molecule has 2 bridgehead atoms. The number of imide groups is 1. The second-order valence-electron chi connectivity index (χ2n) is 7.74. The van der Waals surface area contributed by atoms with Gasteiger partial charge < -0.3 is 15.2 Å². The van der Waals surface area contributed by atoms with Crippen molar-refractivity contribution in [3.05, 3.63) is 66.0 Å². The predicted octanol–water partition coefficient (Wildman–Crippen LogP) is 1.37. The van der Waals surface area contributed by atoms with Crippen molar-refractivity contribution in [3.8, 4) is 0 Å². The van der Waals surface area contributed by atoms with Crippen LogP contribution in [0.4, 0.5) is 11.4 Å². The van der Waals surface area contributed by atoms with E-state index in [1.807, 2.05) is 18.2 Å². The molecule has 29 heavy (non-hydrogen) atoms. The number of pyridine rings is 1. The molecular formula is C22H18N3O4-. The molecule has 7 nitrogen and oxygen atoms in total. The van der Waals surface area contributed by atoms with Gasteiger partial charge in [0.1, 0.15) is 0 Å². The summed E-state index contributed by atoms with van der Waals surface area (Å²) in [6.07, 6.45) is 8.24. The SMILES string of the molecule is O=C([O-])c1cc(N2C(=O)[C@@H]3[C@H](C2=O)[C@@H]2C=C[C@H]3C2)ccc1NCc1cccnc1. The monoisotopic (exact) mass is 388 g/mol. The summed E-state index contributed by atoms with van der Waals surface area (Å²) in [6, 6.07) is 8.18. The molecule has 2 aliphatic carbocycles. The van der Waals surface area contributed by atoms with Crippen molar-refractivity contribution in [1.29, 1.82) is 0 Å². The van der Waals surface area contributed by atoms with Crippen LogP contribution >= 0.6 is 0 Å². The Morgan fingerprint density at radius 3 is 2.48 bits per heavy atom. The lowest BCUT2D eigenvalue weighted by Crippen LogP contribution is -2.33. The van der Waals surface area contributed by atoms with Crippen LogP contribution in [0.15, 0.2) is 54.9 Å². The third-order valence-electron chi connectivity index (χ3n) is 6.16. The Morgan fingerprint density at radius 1 is 1.14 bits per heavy atom. The smallest absolute Gasteiger partial charge is 0.238 e. The molecule has 0 unspecified atom stereocenters. The lowest BCUT2D eigenvalue weighted by Gasteiger charge is -2.20. The quantitative estimate of drug-likeness (QED) is 0.613. The Labute approximate surface area is 167 Å². The van der Waals surface area contributed by atoms with Gasteiger partial charge in [-0.2, -0.15) is 0 Å². The molecule has 1 aromatic carbocycles. The van der Waals surface area contributed by atoms with Crippen LogP contribution in [-0.2, 0) is 16.1 Å². The van der Waals surface area contributed by atoms with Gasteiger partial charge in [0.15, 0.2) is 0 Å². The topological polar surface area (TPSA) is 102 Å². The largest absolute Gasteiger partial charge is 0.545 e. The normalized spacial score (nSPS) is 26.8. The Bertz CT molecular complexity index is 1020. The number of nitrogens with one attached hydrogen (secondary N) is 1. The molecule has 146 valence electrons. The Hall–Kier alpha value is -3.48. The van der Waals surface area contributed by atoms with Crippen LogP contribution in [0.25, 0.3) is 0 Å². The van der Waals surface area contributed by atoms with Crippen LogP contribution in [0.5, 0.6) is 0 Å². The Kier molecular flexibility index (Phi) is 3.97. The number of hydrogen-bond acceptors (Lipinski definition) is 6. The minimum atomic E-state index is -1.37. The fourth-order valence-electron chi connectivity index (χ4n) is 4.85. The highest BCUT2D eigenvalue weighted by molar-refractivity contribution is 6.23. The van der Waals surface area contributed by atoms with Gasteiger partial charge in [0, 0.05) is 30.2 Å². The summed E-state index contributed by atoms with van der Waals surface area (Å²) < 4.78 is 0. The van der Waals surface area contributed by atoms with Crippen LogP contribution in [0.2, 0.25) is 0 Å². The number of carboxylic acid groups (broad SMARTS) is 1. The van der Waals surface area contributed by atoms with E-state index >= 15 is 0 Å². The third-order valence-corrected chi connectivity index (χ3v) is 6.16. The summed E-state index contributed by atoms with van der Waals surface area (Å²) in [5.74, 6) is -2.30. The van der Waals surface area contributed by atoms with E-state index in [4.69, 9.17) is 0 Å². The maximum Gasteiger partial charge on any atom is 0.238 e. The van der Waals surface area contributed by atoms with Crippen molar-refractivity contribution in [1.82, 2.24) is 4.98 Å². The molecule has 1 aromatic heterocycles. The average molecular weight is 388 g/mol. The van der Waals surface area contributed by atoms with Crippen LogP contribution in [0, 0.1) is 23.7 Å². The van der Waals surface area contributed by atoms with Gasteiger partial charge >= 0.3 is 0 Å². The molecule has 7 heteroatoms. The van der Waals surface area contributed by atoms with Gasteiger partial charge in [0.05, 0.1) is 23.5 Å². The molecule has 5 rings (SSSR count). The molecule has 2 amide bonds. The summed E-state index contributed by atoms with van der Waals surface area (Å²) >= 11 is 0. The number of carbonyl (C=O) groups excluding carboxylic acids is 3. The summed E-state index contributed by atoms with van der Waals surface area (Å²) in [4.78, 5) is 42.8. The molecule has 2 heterocycles. The van der Waals surface area contributed by atoms with Gasteiger partial charge in [-0.15, -0.1) is 0 Å². The molecule has 1 saturated heterocycles. The number of aromatic nitrogens is 1. The predicted molar refractivity (Wildman–Crippen MR) is 103 cm³/mol. The lowest BCUT2D eigenvalue weighted by molar-refractivity contribution is -0.254. The molecule has 3 aliphatic rings. The van der Waals surface area contributed by atoms with Gasteiger partial charge in [-0.1, -0.05) is 18.2 Å². The number of fused-ring (bicyclic) bond motifs is 5. The van der Waals surface area contributed by atoms with Crippen LogP contribution in [0.3, 0.4) is 0 Å². The van der Waals surface area contributed by atoms with Crippen LogP contribution in [-0.4, -0.2) is 22.8 Å². The number of rotatable bonds is 5. The molecule has 2 fully saturated rings. The molecule has 1 saturated carbocycles. The minimum Gasteiger partial charge on any atom is -0.545 e. The standard InChI is InChI=1S/C22H19N3O4/c26-20-18-13-3-4-14(8-13)19(18)21(27)25(20)15-5-6-17(16(9-15)22(28)29)24-11-12-2-1-7-23-10-12/h1-7,9-10,13-14,18-19,24H,8,11H2,(H,28,29)/p-1/t13-,14+,18-,19+. The number of carbonyl (C=O) groups is 3. The van der Waals surface area contributed by atoms with Gasteiger partial charge in [0.25, 0.3) is 0 Å². The second-order valence-corrected chi connectivity index (χ2v) is 7.74. The second kappa shape index (κ2) is 6.55. The number of anilines is 2. The van der Waals surface area contributed by atoms with E-state index < -0.39 is 5.97 Å². The molecule has 1 aliphatic heterocycles. The highest BCUT2D eigenvalue weighted by Gasteiger charge is 2.59. The number of amides is 2. The Balaban J connectivity index is 1.43. The summed E-state index contributed by atoms with van der Waals surface area (Å²) in [5, 5.41) is 14.8. The molecule has 1 N–H and O–H groups in total. The van der Waals surface area contributed by atoms with Crippen molar-refractivity contribution in [2.75, 3.05) is 10.2 Å². The maximum atomic E-state index is 13.0.